The van der Waals surface area contributed by atoms with Gasteiger partial charge in [0.05, 0.1) is 19.4 Å². The van der Waals surface area contributed by atoms with Crippen LogP contribution in [0.2, 0.25) is 0 Å². The van der Waals surface area contributed by atoms with Crippen LogP contribution in [0.5, 0.6) is 5.75 Å². The smallest absolute Gasteiger partial charge is 0.247 e. The average Bonchev–Trinajstić information content (AvgIpc) is 3.28. The van der Waals surface area contributed by atoms with E-state index < -0.39 is 38.3 Å². The first-order valence-corrected chi connectivity index (χ1v) is 14.6. The minimum Gasteiger partial charge on any atom is -0.497 e. The topological polar surface area (TPSA) is 112 Å². The highest BCUT2D eigenvalue weighted by Gasteiger charge is 2.62. The number of Topliss-reactive ketones (excluding diaryl/α,β-unsaturated/α-hetero) is 1. The largest absolute Gasteiger partial charge is 0.497 e. The van der Waals surface area contributed by atoms with E-state index >= 15 is 4.39 Å². The van der Waals surface area contributed by atoms with E-state index in [0.29, 0.717) is 55.7 Å². The predicted octanol–water partition coefficient (Wildman–Crippen LogP) is 3.20. The Kier molecular flexibility index (Phi) is 6.14. The molecule has 2 aromatic carbocycles. The van der Waals surface area contributed by atoms with Crippen LogP contribution in [0.3, 0.4) is 0 Å². The van der Waals surface area contributed by atoms with Crippen molar-refractivity contribution in [3.8, 4) is 5.75 Å². The molecule has 1 aliphatic carbocycles. The Morgan fingerprint density at radius 2 is 1.92 bits per heavy atom. The van der Waals surface area contributed by atoms with E-state index in [4.69, 9.17) is 4.74 Å². The summed E-state index contributed by atoms with van der Waals surface area (Å²) in [4.78, 5) is 17.2. The van der Waals surface area contributed by atoms with Crippen molar-refractivity contribution in [2.45, 2.75) is 48.0 Å². The number of hydrogen-bond donors (Lipinski definition) is 3. The predicted molar refractivity (Wildman–Crippen MR) is 140 cm³/mol. The molecule has 38 heavy (non-hydrogen) atoms. The summed E-state index contributed by atoms with van der Waals surface area (Å²) < 4.78 is 50.3. The Morgan fingerprint density at radius 1 is 1.18 bits per heavy atom. The maximum absolute atomic E-state index is 15.0. The second-order valence-electron chi connectivity index (χ2n) is 10.8. The van der Waals surface area contributed by atoms with Crippen LogP contribution in [0.1, 0.15) is 43.4 Å². The van der Waals surface area contributed by atoms with Crippen LogP contribution < -0.4 is 10.1 Å². The molecule has 6 rings (SSSR count). The zero-order chi connectivity index (χ0) is 26.7. The van der Waals surface area contributed by atoms with Gasteiger partial charge in [-0.1, -0.05) is 18.6 Å². The lowest BCUT2D eigenvalue weighted by atomic mass is 9.64. The summed E-state index contributed by atoms with van der Waals surface area (Å²) in [5.41, 5.74) is -0.558. The molecule has 0 amide bonds. The van der Waals surface area contributed by atoms with Gasteiger partial charge in [-0.3, -0.25) is 4.79 Å². The Morgan fingerprint density at radius 3 is 2.55 bits per heavy atom. The molecule has 1 atom stereocenters. The molecule has 3 N–H and O–H groups in total. The minimum atomic E-state index is -4.53. The maximum atomic E-state index is 15.0. The van der Waals surface area contributed by atoms with Crippen LogP contribution in [-0.4, -0.2) is 61.9 Å². The summed E-state index contributed by atoms with van der Waals surface area (Å²) in [5, 5.41) is 15.4. The van der Waals surface area contributed by atoms with Gasteiger partial charge in [0.15, 0.2) is 11.3 Å². The highest BCUT2D eigenvalue weighted by molar-refractivity contribution is 7.89. The van der Waals surface area contributed by atoms with Gasteiger partial charge in [-0.05, 0) is 68.6 Å². The fourth-order valence-corrected chi connectivity index (χ4v) is 8.51. The normalized spacial score (nSPS) is 23.8. The number of ether oxygens (including phenoxy) is 1. The molecular weight excluding hydrogens is 509 g/mol. The van der Waals surface area contributed by atoms with E-state index in [0.717, 1.165) is 27.7 Å². The number of nitrogens with zero attached hydrogens (tertiary/aromatic N) is 1. The van der Waals surface area contributed by atoms with Gasteiger partial charge in [0, 0.05) is 34.8 Å². The summed E-state index contributed by atoms with van der Waals surface area (Å²) in [7, 11) is -2.96. The molecule has 1 unspecified atom stereocenters. The molecule has 0 bridgehead atoms. The molecule has 10 heteroatoms. The van der Waals surface area contributed by atoms with Gasteiger partial charge in [-0.25, -0.2) is 12.8 Å². The summed E-state index contributed by atoms with van der Waals surface area (Å²) in [6, 6.07) is 10.8. The van der Waals surface area contributed by atoms with Gasteiger partial charge < -0.3 is 20.1 Å². The molecule has 0 radical (unpaired) electrons. The molecule has 202 valence electrons. The number of nitrogens with one attached hydrogen (secondary N) is 2. The molecule has 2 aliphatic heterocycles. The Hall–Kier alpha value is -2.79. The lowest BCUT2D eigenvalue weighted by Crippen LogP contribution is -2.66. The van der Waals surface area contributed by atoms with E-state index in [1.165, 1.54) is 18.2 Å². The first-order valence-electron chi connectivity index (χ1n) is 13.1. The fraction of sp³-hybridized carbons (Fsp3) is 0.464. The van der Waals surface area contributed by atoms with E-state index in [9.17, 15) is 18.3 Å². The van der Waals surface area contributed by atoms with Gasteiger partial charge in [0.2, 0.25) is 10.0 Å². The number of benzene rings is 2. The number of methoxy groups -OCH3 is 1. The molecule has 1 spiro atoms. The zero-order valence-corrected chi connectivity index (χ0v) is 22.1. The van der Waals surface area contributed by atoms with Crippen molar-refractivity contribution in [2.24, 2.45) is 5.92 Å². The molecule has 8 nitrogen and oxygen atoms in total. The van der Waals surface area contributed by atoms with Crippen molar-refractivity contribution < 1.29 is 27.4 Å². The number of piperidine rings is 1. The van der Waals surface area contributed by atoms with E-state index in [2.05, 4.69) is 10.3 Å². The summed E-state index contributed by atoms with van der Waals surface area (Å²) in [6.45, 7) is 0.550. The Balaban J connectivity index is 1.68. The third-order valence-corrected chi connectivity index (χ3v) is 10.8. The quantitative estimate of drug-likeness (QED) is 0.442. The first-order chi connectivity index (χ1) is 18.3. The van der Waals surface area contributed by atoms with Gasteiger partial charge in [0.25, 0.3) is 0 Å². The average molecular weight is 542 g/mol. The number of aromatic amines is 1. The number of fused-ring (bicyclic) bond motifs is 4. The van der Waals surface area contributed by atoms with Crippen molar-refractivity contribution in [1.82, 2.24) is 14.6 Å². The zero-order valence-electron chi connectivity index (χ0n) is 21.3. The SMILES string of the molecule is COc1ccc2c3c([nH]c2c1)C(CO)(C(=O)C1CCC1)N(S(=O)(=O)c1ccccc1F)CC31CCNCC1. The second-order valence-corrected chi connectivity index (χ2v) is 12.6. The first kappa shape index (κ1) is 25.5. The highest BCUT2D eigenvalue weighted by Crippen LogP contribution is 2.54. The van der Waals surface area contributed by atoms with Crippen LogP contribution in [0.15, 0.2) is 47.4 Å². The van der Waals surface area contributed by atoms with Gasteiger partial charge >= 0.3 is 0 Å². The van der Waals surface area contributed by atoms with Crippen LogP contribution >= 0.6 is 0 Å². The van der Waals surface area contributed by atoms with Crippen molar-refractivity contribution in [1.29, 1.82) is 0 Å². The number of carbonyl (C=O) groups excluding carboxylic acids is 1. The summed E-state index contributed by atoms with van der Waals surface area (Å²) in [5.74, 6) is -0.987. The molecule has 2 fully saturated rings. The molecule has 1 saturated carbocycles. The van der Waals surface area contributed by atoms with E-state index in [-0.39, 0.29) is 18.2 Å². The third kappa shape index (κ3) is 3.50. The van der Waals surface area contributed by atoms with E-state index in [1.807, 2.05) is 18.2 Å². The Labute approximate surface area is 221 Å². The fourth-order valence-electron chi connectivity index (χ4n) is 6.64. The van der Waals surface area contributed by atoms with Crippen molar-refractivity contribution in [2.75, 3.05) is 33.4 Å². The van der Waals surface area contributed by atoms with Crippen LogP contribution in [0.25, 0.3) is 10.9 Å². The van der Waals surface area contributed by atoms with E-state index in [1.54, 1.807) is 7.11 Å². The third-order valence-electron chi connectivity index (χ3n) is 8.90. The lowest BCUT2D eigenvalue weighted by Gasteiger charge is -2.53. The molecule has 3 heterocycles. The standard InChI is InChI=1S/C28H32FN3O5S/c1-37-19-9-10-20-22(15-19)31-25-24(20)27(11-13-30-14-12-27)16-32(28(25,17-33)26(34)18-5-4-6-18)38(35,36)23-8-3-2-7-21(23)29/h2-3,7-10,15,18,30-31,33H,4-6,11-14,16-17H2,1H3. The number of halogens is 1. The number of aliphatic hydroxyl groups is 1. The van der Waals surface area contributed by atoms with Gasteiger partial charge in [-0.15, -0.1) is 0 Å². The monoisotopic (exact) mass is 541 g/mol. The highest BCUT2D eigenvalue weighted by atomic mass is 32.2. The number of sulfonamides is 1. The van der Waals surface area contributed by atoms with Crippen LogP contribution in [-0.2, 0) is 25.8 Å². The molecular formula is C28H32FN3O5S. The van der Waals surface area contributed by atoms with Crippen LogP contribution in [0, 0.1) is 11.7 Å². The minimum absolute atomic E-state index is 0.0314. The summed E-state index contributed by atoms with van der Waals surface area (Å²) in [6.07, 6.45) is 3.38. The molecule has 3 aliphatic rings. The number of carbonyl (C=O) groups is 1. The lowest BCUT2D eigenvalue weighted by molar-refractivity contribution is -0.140. The number of aliphatic hydroxyl groups excluding tert-OH is 1. The number of ketones is 1. The van der Waals surface area contributed by atoms with Crippen molar-refractivity contribution >= 4 is 26.7 Å². The molecule has 1 aromatic heterocycles. The Bertz CT molecular complexity index is 1510. The maximum Gasteiger partial charge on any atom is 0.247 e. The number of aromatic nitrogens is 1. The van der Waals surface area contributed by atoms with Gasteiger partial charge in [0.1, 0.15) is 16.5 Å². The number of hydrogen-bond acceptors (Lipinski definition) is 6. The van der Waals surface area contributed by atoms with Crippen LogP contribution in [0.4, 0.5) is 4.39 Å². The number of H-pyrrole nitrogens is 1. The van der Waals surface area contributed by atoms with Gasteiger partial charge in [-0.2, -0.15) is 4.31 Å². The molecule has 1 saturated heterocycles. The molecule has 3 aromatic rings. The van der Waals surface area contributed by atoms with Crippen molar-refractivity contribution in [3.05, 3.63) is 59.5 Å². The summed E-state index contributed by atoms with van der Waals surface area (Å²) >= 11 is 0. The number of rotatable bonds is 6. The van der Waals surface area contributed by atoms with Crippen molar-refractivity contribution in [3.63, 3.8) is 0 Å². The second kappa shape index (κ2) is 9.15.